The molecule has 1 aromatic carbocycles. The van der Waals surface area contributed by atoms with Crippen molar-refractivity contribution in [2.24, 2.45) is 0 Å². The van der Waals surface area contributed by atoms with E-state index in [0.717, 1.165) is 55.4 Å². The van der Waals surface area contributed by atoms with Crippen LogP contribution in [0, 0.1) is 6.92 Å². The third kappa shape index (κ3) is 4.42. The molecule has 2 fully saturated rings. The zero-order chi connectivity index (χ0) is 16.1. The summed E-state index contributed by atoms with van der Waals surface area (Å²) in [5.41, 5.74) is 3.05. The molecule has 0 radical (unpaired) electrons. The van der Waals surface area contributed by atoms with Crippen LogP contribution in [-0.4, -0.2) is 54.7 Å². The SMILES string of the molecule is Cc1ccc(C(=O)N2CCSCC2)cc1NCCC1CCCO1. The van der Waals surface area contributed by atoms with E-state index in [9.17, 15) is 4.79 Å². The minimum atomic E-state index is 0.160. The standard InChI is InChI=1S/C18H26N2O2S/c1-14-4-5-15(18(21)20-8-11-23-12-9-20)13-17(14)19-7-6-16-3-2-10-22-16/h4-5,13,16,19H,2-3,6-12H2,1H3. The maximum absolute atomic E-state index is 12.6. The maximum atomic E-state index is 12.6. The number of benzene rings is 1. The Morgan fingerprint density at radius 2 is 2.22 bits per heavy atom. The average molecular weight is 334 g/mol. The number of aryl methyl sites for hydroxylation is 1. The van der Waals surface area contributed by atoms with Crippen molar-refractivity contribution in [1.82, 2.24) is 4.90 Å². The largest absolute Gasteiger partial charge is 0.385 e. The molecule has 1 N–H and O–H groups in total. The molecule has 0 aromatic heterocycles. The molecule has 3 rings (SSSR count). The molecule has 23 heavy (non-hydrogen) atoms. The molecule has 0 aliphatic carbocycles. The van der Waals surface area contributed by atoms with Crippen molar-refractivity contribution in [1.29, 1.82) is 0 Å². The number of nitrogens with zero attached hydrogens (tertiary/aromatic N) is 1. The number of nitrogens with one attached hydrogen (secondary N) is 1. The topological polar surface area (TPSA) is 41.6 Å². The van der Waals surface area contributed by atoms with Crippen molar-refractivity contribution >= 4 is 23.4 Å². The number of hydrogen-bond donors (Lipinski definition) is 1. The van der Waals surface area contributed by atoms with Crippen LogP contribution in [0.25, 0.3) is 0 Å². The van der Waals surface area contributed by atoms with Gasteiger partial charge in [0.2, 0.25) is 0 Å². The second-order valence-corrected chi connectivity index (χ2v) is 7.51. The lowest BCUT2D eigenvalue weighted by molar-refractivity contribution is 0.0772. The van der Waals surface area contributed by atoms with Crippen molar-refractivity contribution in [3.05, 3.63) is 29.3 Å². The van der Waals surface area contributed by atoms with Gasteiger partial charge in [0.1, 0.15) is 0 Å². The molecule has 1 amide bonds. The van der Waals surface area contributed by atoms with E-state index in [2.05, 4.69) is 12.2 Å². The summed E-state index contributed by atoms with van der Waals surface area (Å²) in [5.74, 6) is 2.25. The number of ether oxygens (including phenoxy) is 1. The predicted molar refractivity (Wildman–Crippen MR) is 96.5 cm³/mol. The molecule has 0 saturated carbocycles. The van der Waals surface area contributed by atoms with Crippen LogP contribution in [-0.2, 0) is 4.74 Å². The van der Waals surface area contributed by atoms with E-state index in [1.807, 2.05) is 34.9 Å². The highest BCUT2D eigenvalue weighted by Crippen LogP contribution is 2.21. The van der Waals surface area contributed by atoms with E-state index in [1.165, 1.54) is 18.4 Å². The zero-order valence-electron chi connectivity index (χ0n) is 13.8. The van der Waals surface area contributed by atoms with Gasteiger partial charge in [-0.3, -0.25) is 4.79 Å². The summed E-state index contributed by atoms with van der Waals surface area (Å²) in [6.45, 7) is 5.60. The van der Waals surface area contributed by atoms with E-state index < -0.39 is 0 Å². The van der Waals surface area contributed by atoms with Gasteiger partial charge >= 0.3 is 0 Å². The molecule has 2 aliphatic rings. The van der Waals surface area contributed by atoms with Gasteiger partial charge in [0.15, 0.2) is 0 Å². The first kappa shape index (κ1) is 16.7. The fourth-order valence-corrected chi connectivity index (χ4v) is 4.04. The molecular weight excluding hydrogens is 308 g/mol. The Morgan fingerprint density at radius 1 is 1.39 bits per heavy atom. The van der Waals surface area contributed by atoms with Gasteiger partial charge in [0.05, 0.1) is 6.10 Å². The molecule has 1 atom stereocenters. The predicted octanol–water partition coefficient (Wildman–Crippen LogP) is 3.17. The second kappa shape index (κ2) is 8.06. The molecule has 2 saturated heterocycles. The fourth-order valence-electron chi connectivity index (χ4n) is 3.13. The third-order valence-corrected chi connectivity index (χ3v) is 5.53. The molecule has 1 aromatic rings. The van der Waals surface area contributed by atoms with Crippen molar-refractivity contribution in [3.8, 4) is 0 Å². The van der Waals surface area contributed by atoms with Gasteiger partial charge in [-0.05, 0) is 43.9 Å². The number of thioether (sulfide) groups is 1. The summed E-state index contributed by atoms with van der Waals surface area (Å²) >= 11 is 1.92. The monoisotopic (exact) mass is 334 g/mol. The van der Waals surface area contributed by atoms with Gasteiger partial charge in [0.25, 0.3) is 5.91 Å². The number of carbonyl (C=O) groups is 1. The van der Waals surface area contributed by atoms with Crippen LogP contribution < -0.4 is 5.32 Å². The van der Waals surface area contributed by atoms with Gasteiger partial charge in [-0.1, -0.05) is 6.07 Å². The number of amides is 1. The first-order chi connectivity index (χ1) is 11.2. The number of anilines is 1. The summed E-state index contributed by atoms with van der Waals surface area (Å²) < 4.78 is 5.66. The lowest BCUT2D eigenvalue weighted by Gasteiger charge is -2.26. The van der Waals surface area contributed by atoms with Gasteiger partial charge in [0, 0.05) is 49.0 Å². The second-order valence-electron chi connectivity index (χ2n) is 6.28. The molecule has 5 heteroatoms. The smallest absolute Gasteiger partial charge is 0.253 e. The summed E-state index contributed by atoms with van der Waals surface area (Å²) in [7, 11) is 0. The van der Waals surface area contributed by atoms with Crippen LogP contribution in [0.15, 0.2) is 18.2 Å². The summed E-state index contributed by atoms with van der Waals surface area (Å²) in [6.07, 6.45) is 3.79. The highest BCUT2D eigenvalue weighted by molar-refractivity contribution is 7.99. The Hall–Kier alpha value is -1.20. The van der Waals surface area contributed by atoms with Gasteiger partial charge in [-0.2, -0.15) is 11.8 Å². The number of carbonyl (C=O) groups excluding carboxylic acids is 1. The quantitative estimate of drug-likeness (QED) is 0.898. The van der Waals surface area contributed by atoms with Crippen LogP contribution >= 0.6 is 11.8 Å². The Labute approximate surface area is 143 Å². The lowest BCUT2D eigenvalue weighted by Crippen LogP contribution is -2.37. The number of hydrogen-bond acceptors (Lipinski definition) is 4. The van der Waals surface area contributed by atoms with E-state index in [4.69, 9.17) is 4.74 Å². The molecule has 0 bridgehead atoms. The van der Waals surface area contributed by atoms with Gasteiger partial charge in [-0.25, -0.2) is 0 Å². The van der Waals surface area contributed by atoms with E-state index >= 15 is 0 Å². The minimum Gasteiger partial charge on any atom is -0.385 e. The molecular formula is C18H26N2O2S. The van der Waals surface area contributed by atoms with Gasteiger partial charge < -0.3 is 15.0 Å². The van der Waals surface area contributed by atoms with Gasteiger partial charge in [-0.15, -0.1) is 0 Å². The van der Waals surface area contributed by atoms with Crippen molar-refractivity contribution < 1.29 is 9.53 Å². The Kier molecular flexibility index (Phi) is 5.84. The minimum absolute atomic E-state index is 0.160. The molecule has 1 unspecified atom stereocenters. The molecule has 4 nitrogen and oxygen atoms in total. The van der Waals surface area contributed by atoms with E-state index in [-0.39, 0.29) is 5.91 Å². The van der Waals surface area contributed by atoms with E-state index in [0.29, 0.717) is 6.10 Å². The van der Waals surface area contributed by atoms with Crippen LogP contribution in [0.1, 0.15) is 35.2 Å². The third-order valence-electron chi connectivity index (χ3n) is 4.59. The molecule has 0 spiro atoms. The van der Waals surface area contributed by atoms with Crippen LogP contribution in [0.2, 0.25) is 0 Å². The van der Waals surface area contributed by atoms with Crippen molar-refractivity contribution in [3.63, 3.8) is 0 Å². The lowest BCUT2D eigenvalue weighted by atomic mass is 10.1. The van der Waals surface area contributed by atoms with Crippen LogP contribution in [0.4, 0.5) is 5.69 Å². The first-order valence-corrected chi connectivity index (χ1v) is 9.72. The van der Waals surface area contributed by atoms with E-state index in [1.54, 1.807) is 0 Å². The van der Waals surface area contributed by atoms with Crippen LogP contribution in [0.3, 0.4) is 0 Å². The Balaban J connectivity index is 1.59. The van der Waals surface area contributed by atoms with Crippen molar-refractivity contribution in [2.45, 2.75) is 32.3 Å². The average Bonchev–Trinajstić information content (AvgIpc) is 3.10. The Bertz CT molecular complexity index is 538. The van der Waals surface area contributed by atoms with Crippen LogP contribution in [0.5, 0.6) is 0 Å². The fraction of sp³-hybridized carbons (Fsp3) is 0.611. The highest BCUT2D eigenvalue weighted by Gasteiger charge is 2.19. The molecule has 2 heterocycles. The van der Waals surface area contributed by atoms with Crippen molar-refractivity contribution in [2.75, 3.05) is 43.1 Å². The molecule has 126 valence electrons. The summed E-state index contributed by atoms with van der Waals surface area (Å²) in [6, 6.07) is 6.00. The maximum Gasteiger partial charge on any atom is 0.253 e. The first-order valence-electron chi connectivity index (χ1n) is 8.57. The zero-order valence-corrected chi connectivity index (χ0v) is 14.7. The normalized spacial score (nSPS) is 21.4. The summed E-state index contributed by atoms with van der Waals surface area (Å²) in [5, 5.41) is 3.48. The Morgan fingerprint density at radius 3 is 2.96 bits per heavy atom. The highest BCUT2D eigenvalue weighted by atomic mass is 32.2. The number of rotatable bonds is 5. The molecule has 2 aliphatic heterocycles. The summed E-state index contributed by atoms with van der Waals surface area (Å²) in [4.78, 5) is 14.6.